The first-order valence-electron chi connectivity index (χ1n) is 10.6. The number of rotatable bonds is 5. The topological polar surface area (TPSA) is 128 Å². The Morgan fingerprint density at radius 3 is 2.06 bits per heavy atom. The summed E-state index contributed by atoms with van der Waals surface area (Å²) in [5, 5.41) is 8.63. The Hall–Kier alpha value is -4.05. The third kappa shape index (κ3) is 4.52. The van der Waals surface area contributed by atoms with Crippen LogP contribution in [0, 0.1) is 0 Å². The number of carbonyl (C=O) groups is 1. The molecule has 2 aromatic heterocycles. The summed E-state index contributed by atoms with van der Waals surface area (Å²) in [6, 6.07) is 27.3. The van der Waals surface area contributed by atoms with Gasteiger partial charge in [0.25, 0.3) is 5.91 Å². The molecule has 0 aliphatic carbocycles. The monoisotopic (exact) mass is 500 g/mol. The van der Waals surface area contributed by atoms with Crippen LogP contribution in [0.25, 0.3) is 32.6 Å². The molecule has 1 amide bonds. The highest BCUT2D eigenvalue weighted by molar-refractivity contribution is 7.89. The lowest BCUT2D eigenvalue weighted by atomic mass is 9.99. The number of nitrogens with zero attached hydrogens (tertiary/aromatic N) is 1. The van der Waals surface area contributed by atoms with Crippen LogP contribution in [0.4, 0.5) is 11.4 Å². The second kappa shape index (κ2) is 8.95. The molecule has 9 heteroatoms. The van der Waals surface area contributed by atoms with Crippen molar-refractivity contribution in [2.45, 2.75) is 4.90 Å². The zero-order valence-corrected chi connectivity index (χ0v) is 19.9. The van der Waals surface area contributed by atoms with E-state index in [2.05, 4.69) is 5.32 Å². The SMILES string of the molecule is Nc1c(C(=O)Nc2ccc(S(N)(=O)=O)cc2)sc2nc(-c3ccccc3)cc(-c3ccccc3)c12. The van der Waals surface area contributed by atoms with E-state index in [1.54, 1.807) is 0 Å². The number of anilines is 2. The van der Waals surface area contributed by atoms with E-state index in [4.69, 9.17) is 15.9 Å². The minimum Gasteiger partial charge on any atom is -0.397 e. The zero-order chi connectivity index (χ0) is 24.6. The maximum absolute atomic E-state index is 13.1. The van der Waals surface area contributed by atoms with Gasteiger partial charge in [-0.25, -0.2) is 18.5 Å². The Morgan fingerprint density at radius 2 is 1.46 bits per heavy atom. The fourth-order valence-corrected chi connectivity index (χ4v) is 5.34. The normalized spacial score (nSPS) is 11.5. The smallest absolute Gasteiger partial charge is 0.267 e. The molecule has 0 aliphatic heterocycles. The number of nitrogen functional groups attached to an aromatic ring is 1. The lowest BCUT2D eigenvalue weighted by Gasteiger charge is -2.09. The van der Waals surface area contributed by atoms with Crippen molar-refractivity contribution in [1.82, 2.24) is 4.98 Å². The van der Waals surface area contributed by atoms with Gasteiger partial charge >= 0.3 is 0 Å². The second-order valence-corrected chi connectivity index (χ2v) is 10.4. The summed E-state index contributed by atoms with van der Waals surface area (Å²) in [7, 11) is -3.82. The van der Waals surface area contributed by atoms with Crippen LogP contribution >= 0.6 is 11.3 Å². The number of pyridine rings is 1. The van der Waals surface area contributed by atoms with Gasteiger partial charge < -0.3 is 11.1 Å². The molecular weight excluding hydrogens is 480 g/mol. The molecule has 2 heterocycles. The van der Waals surface area contributed by atoms with Crippen molar-refractivity contribution >= 4 is 48.9 Å². The van der Waals surface area contributed by atoms with Gasteiger partial charge in [0.05, 0.1) is 16.3 Å². The molecule has 0 spiro atoms. The highest BCUT2D eigenvalue weighted by Crippen LogP contribution is 2.41. The number of amides is 1. The number of thiophene rings is 1. The predicted molar refractivity (Wildman–Crippen MR) is 141 cm³/mol. The van der Waals surface area contributed by atoms with Crippen LogP contribution in [-0.4, -0.2) is 19.3 Å². The van der Waals surface area contributed by atoms with Gasteiger partial charge in [-0.1, -0.05) is 60.7 Å². The average Bonchev–Trinajstić information content (AvgIpc) is 3.21. The third-order valence-corrected chi connectivity index (χ3v) is 7.53. The van der Waals surface area contributed by atoms with Crippen LogP contribution in [0.5, 0.6) is 0 Å². The van der Waals surface area contributed by atoms with E-state index >= 15 is 0 Å². The van der Waals surface area contributed by atoms with E-state index in [1.165, 1.54) is 35.6 Å². The summed E-state index contributed by atoms with van der Waals surface area (Å²) in [5.74, 6) is -0.408. The van der Waals surface area contributed by atoms with Gasteiger partial charge in [0.1, 0.15) is 9.71 Å². The van der Waals surface area contributed by atoms with E-state index in [1.807, 2.05) is 66.7 Å². The quantitative estimate of drug-likeness (QED) is 0.309. The number of hydrogen-bond acceptors (Lipinski definition) is 6. The molecular formula is C26H20N4O3S2. The molecule has 0 aliphatic rings. The second-order valence-electron chi connectivity index (χ2n) is 7.84. The van der Waals surface area contributed by atoms with Gasteiger partial charge in [0, 0.05) is 16.6 Å². The Labute approximate surface area is 206 Å². The van der Waals surface area contributed by atoms with E-state index in [0.29, 0.717) is 21.1 Å². The molecule has 5 aromatic rings. The molecule has 0 radical (unpaired) electrons. The molecule has 0 fully saturated rings. The van der Waals surface area contributed by atoms with E-state index in [-0.39, 0.29) is 4.90 Å². The number of primary sulfonamides is 1. The summed E-state index contributed by atoms with van der Waals surface area (Å²) < 4.78 is 23.0. The van der Waals surface area contributed by atoms with Crippen molar-refractivity contribution in [3.63, 3.8) is 0 Å². The number of sulfonamides is 1. The van der Waals surface area contributed by atoms with Crippen LogP contribution in [0.3, 0.4) is 0 Å². The molecule has 0 bridgehead atoms. The average molecular weight is 501 g/mol. The van der Waals surface area contributed by atoms with E-state index in [0.717, 1.165) is 27.8 Å². The highest BCUT2D eigenvalue weighted by atomic mass is 32.2. The summed E-state index contributed by atoms with van der Waals surface area (Å²) in [4.78, 5) is 18.9. The largest absolute Gasteiger partial charge is 0.397 e. The van der Waals surface area contributed by atoms with Gasteiger partial charge in [-0.2, -0.15) is 0 Å². The van der Waals surface area contributed by atoms with Crippen LogP contribution < -0.4 is 16.2 Å². The summed E-state index contributed by atoms with van der Waals surface area (Å²) in [6.07, 6.45) is 0. The van der Waals surface area contributed by atoms with Crippen LogP contribution in [0.1, 0.15) is 9.67 Å². The zero-order valence-electron chi connectivity index (χ0n) is 18.3. The van der Waals surface area contributed by atoms with Crippen molar-refractivity contribution in [3.05, 3.63) is 95.9 Å². The summed E-state index contributed by atoms with van der Waals surface area (Å²) in [5.41, 5.74) is 10.9. The first-order valence-corrected chi connectivity index (χ1v) is 13.0. The minimum atomic E-state index is -3.82. The number of nitrogens with two attached hydrogens (primary N) is 2. The number of fused-ring (bicyclic) bond motifs is 1. The minimum absolute atomic E-state index is 0.0398. The summed E-state index contributed by atoms with van der Waals surface area (Å²) in [6.45, 7) is 0. The summed E-state index contributed by atoms with van der Waals surface area (Å²) >= 11 is 1.21. The first kappa shape index (κ1) is 22.7. The Morgan fingerprint density at radius 1 is 0.857 bits per heavy atom. The molecule has 0 saturated carbocycles. The molecule has 35 heavy (non-hydrogen) atoms. The maximum atomic E-state index is 13.1. The van der Waals surface area contributed by atoms with Crippen LogP contribution in [0.2, 0.25) is 0 Å². The fraction of sp³-hybridized carbons (Fsp3) is 0. The number of nitrogens with one attached hydrogen (secondary N) is 1. The van der Waals surface area contributed by atoms with Gasteiger partial charge in [0.15, 0.2) is 0 Å². The van der Waals surface area contributed by atoms with Crippen molar-refractivity contribution in [2.24, 2.45) is 5.14 Å². The van der Waals surface area contributed by atoms with Gasteiger partial charge in [-0.15, -0.1) is 11.3 Å². The third-order valence-electron chi connectivity index (χ3n) is 5.50. The van der Waals surface area contributed by atoms with Crippen molar-refractivity contribution in [1.29, 1.82) is 0 Å². The van der Waals surface area contributed by atoms with Gasteiger partial charge in [-0.05, 0) is 41.5 Å². The molecule has 7 nitrogen and oxygen atoms in total. The molecule has 0 atom stereocenters. The lowest BCUT2D eigenvalue weighted by Crippen LogP contribution is -2.14. The maximum Gasteiger partial charge on any atom is 0.267 e. The van der Waals surface area contributed by atoms with Crippen molar-refractivity contribution < 1.29 is 13.2 Å². The lowest BCUT2D eigenvalue weighted by molar-refractivity contribution is 0.103. The van der Waals surface area contributed by atoms with Crippen molar-refractivity contribution in [3.8, 4) is 22.4 Å². The Bertz CT molecular complexity index is 1650. The molecule has 5 N–H and O–H groups in total. The fourth-order valence-electron chi connectivity index (χ4n) is 3.81. The molecule has 0 saturated heterocycles. The first-order chi connectivity index (χ1) is 16.8. The number of aromatic nitrogens is 1. The van der Waals surface area contributed by atoms with E-state index in [9.17, 15) is 13.2 Å². The number of carbonyl (C=O) groups excluding carboxylic acids is 1. The number of benzene rings is 3. The Kier molecular flexibility index (Phi) is 5.81. The highest BCUT2D eigenvalue weighted by Gasteiger charge is 2.22. The molecule has 174 valence electrons. The molecule has 3 aromatic carbocycles. The Balaban J connectivity index is 1.59. The molecule has 0 unspecified atom stereocenters. The predicted octanol–water partition coefficient (Wildman–Crippen LogP) is 5.11. The van der Waals surface area contributed by atoms with Crippen molar-refractivity contribution in [2.75, 3.05) is 11.1 Å². The van der Waals surface area contributed by atoms with Gasteiger partial charge in [-0.3, -0.25) is 4.79 Å². The van der Waals surface area contributed by atoms with Crippen LogP contribution in [0.15, 0.2) is 95.9 Å². The van der Waals surface area contributed by atoms with Gasteiger partial charge in [0.2, 0.25) is 10.0 Å². The standard InChI is InChI=1S/C26H20N4O3S2/c27-23-22-20(16-7-3-1-4-8-16)15-21(17-9-5-2-6-10-17)30-26(22)34-24(23)25(31)29-18-11-13-19(14-12-18)35(28,32)33/h1-15H,27H2,(H,29,31)(H2,28,32,33). The molecule has 5 rings (SSSR count). The van der Waals surface area contributed by atoms with Crippen LogP contribution in [-0.2, 0) is 10.0 Å². The van der Waals surface area contributed by atoms with E-state index < -0.39 is 15.9 Å². The number of hydrogen-bond donors (Lipinski definition) is 3.